The number of thiophene rings is 1. The van der Waals surface area contributed by atoms with Crippen LogP contribution < -0.4 is 16.0 Å². The van der Waals surface area contributed by atoms with Crippen molar-refractivity contribution in [3.63, 3.8) is 0 Å². The number of carbonyl (C=O) groups is 1. The number of amides is 1. The molecule has 1 amide bonds. The summed E-state index contributed by atoms with van der Waals surface area (Å²) in [5, 5.41) is 5.94. The molecule has 3 heterocycles. The first kappa shape index (κ1) is 21.8. The Morgan fingerprint density at radius 2 is 1.79 bits per heavy atom. The number of hydrogen-bond acceptors (Lipinski definition) is 7. The van der Waals surface area contributed by atoms with E-state index in [0.717, 1.165) is 54.7 Å². The maximum absolute atomic E-state index is 12.7. The molecular weight excluding hydrogens is 432 g/mol. The van der Waals surface area contributed by atoms with E-state index in [0.29, 0.717) is 5.56 Å². The molecule has 170 valence electrons. The van der Waals surface area contributed by atoms with E-state index in [4.69, 9.17) is 5.73 Å². The minimum Gasteiger partial charge on any atom is -0.322 e. The van der Waals surface area contributed by atoms with Gasteiger partial charge in [0.05, 0.1) is 6.34 Å². The van der Waals surface area contributed by atoms with Gasteiger partial charge in [0, 0.05) is 55.2 Å². The van der Waals surface area contributed by atoms with Crippen LogP contribution in [0.25, 0.3) is 0 Å². The van der Waals surface area contributed by atoms with Gasteiger partial charge in [-0.25, -0.2) is 4.99 Å². The zero-order valence-corrected chi connectivity index (χ0v) is 19.5. The normalized spacial score (nSPS) is 18.8. The number of fused-ring (bicyclic) bond motifs is 1. The number of nitrogens with two attached hydrogens (primary N) is 1. The van der Waals surface area contributed by atoms with Crippen molar-refractivity contribution in [1.82, 2.24) is 9.80 Å². The fraction of sp³-hybridized carbons (Fsp3) is 0.280. The average Bonchev–Trinajstić information content (AvgIpc) is 3.32. The summed E-state index contributed by atoms with van der Waals surface area (Å²) in [4.78, 5) is 23.9. The summed E-state index contributed by atoms with van der Waals surface area (Å²) < 4.78 is 0. The Hall–Kier alpha value is -3.04. The number of aliphatic imine (C=N–C) groups is 1. The monoisotopic (exact) mass is 460 g/mol. The lowest BCUT2D eigenvalue weighted by molar-refractivity contribution is 0.102. The minimum absolute atomic E-state index is 0.118. The molecule has 1 saturated heterocycles. The Morgan fingerprint density at radius 3 is 2.52 bits per heavy atom. The number of benzene rings is 2. The van der Waals surface area contributed by atoms with Crippen LogP contribution in [0.1, 0.15) is 27.7 Å². The zero-order valence-electron chi connectivity index (χ0n) is 18.6. The molecule has 5 rings (SSSR count). The van der Waals surface area contributed by atoms with Gasteiger partial charge >= 0.3 is 0 Å². The molecule has 3 N–H and O–H groups in total. The van der Waals surface area contributed by atoms with Gasteiger partial charge in [0.1, 0.15) is 11.2 Å². The maximum Gasteiger partial charge on any atom is 0.255 e. The minimum atomic E-state index is -0.270. The summed E-state index contributed by atoms with van der Waals surface area (Å²) in [6.07, 6.45) is 1.49. The number of nitrogens with zero attached hydrogens (tertiary/aromatic N) is 4. The van der Waals surface area contributed by atoms with Crippen LogP contribution in [0.2, 0.25) is 0 Å². The molecule has 8 heteroatoms. The van der Waals surface area contributed by atoms with Crippen LogP contribution in [-0.4, -0.2) is 55.3 Å². The van der Waals surface area contributed by atoms with Gasteiger partial charge < -0.3 is 20.9 Å². The van der Waals surface area contributed by atoms with Crippen molar-refractivity contribution in [2.24, 2.45) is 10.7 Å². The van der Waals surface area contributed by atoms with Crippen LogP contribution in [0, 0.1) is 0 Å². The Balaban J connectivity index is 1.19. The summed E-state index contributed by atoms with van der Waals surface area (Å²) in [5.74, 6) is -0.118. The van der Waals surface area contributed by atoms with Crippen LogP contribution in [-0.2, 0) is 6.54 Å². The number of piperazine rings is 1. The number of nitrogens with one attached hydrogen (secondary N) is 1. The van der Waals surface area contributed by atoms with Crippen LogP contribution in [0.15, 0.2) is 65.0 Å². The summed E-state index contributed by atoms with van der Waals surface area (Å²) in [6.45, 7) is 5.29. The first-order chi connectivity index (χ1) is 16.1. The van der Waals surface area contributed by atoms with E-state index in [1.54, 1.807) is 17.7 Å². The first-order valence-corrected chi connectivity index (χ1v) is 12.0. The summed E-state index contributed by atoms with van der Waals surface area (Å²) in [5.41, 5.74) is 11.0. The molecule has 0 saturated carbocycles. The highest BCUT2D eigenvalue weighted by Gasteiger charge is 2.23. The quantitative estimate of drug-likeness (QED) is 0.604. The van der Waals surface area contributed by atoms with Crippen LogP contribution in [0.3, 0.4) is 0 Å². The van der Waals surface area contributed by atoms with Gasteiger partial charge in [0.15, 0.2) is 0 Å². The second kappa shape index (κ2) is 9.44. The van der Waals surface area contributed by atoms with Crippen molar-refractivity contribution in [3.05, 3.63) is 76.7 Å². The number of anilines is 2. The molecule has 2 aliphatic rings. The van der Waals surface area contributed by atoms with E-state index in [-0.39, 0.29) is 12.1 Å². The fourth-order valence-corrected chi connectivity index (χ4v) is 4.93. The molecule has 1 unspecified atom stereocenters. The molecule has 1 fully saturated rings. The van der Waals surface area contributed by atoms with E-state index in [1.165, 1.54) is 5.56 Å². The second-order valence-electron chi connectivity index (χ2n) is 8.56. The first-order valence-electron chi connectivity index (χ1n) is 11.1. The molecule has 33 heavy (non-hydrogen) atoms. The Kier molecular flexibility index (Phi) is 6.24. The van der Waals surface area contributed by atoms with E-state index >= 15 is 0 Å². The van der Waals surface area contributed by atoms with Crippen molar-refractivity contribution >= 4 is 40.0 Å². The van der Waals surface area contributed by atoms with Crippen LogP contribution in [0.5, 0.6) is 0 Å². The molecule has 1 atom stereocenters. The summed E-state index contributed by atoms with van der Waals surface area (Å²) in [7, 11) is 2.16. The molecule has 0 spiro atoms. The molecule has 3 aromatic rings. The van der Waals surface area contributed by atoms with Gasteiger partial charge in [0.2, 0.25) is 0 Å². The van der Waals surface area contributed by atoms with E-state index < -0.39 is 0 Å². The van der Waals surface area contributed by atoms with Gasteiger partial charge in [-0.3, -0.25) is 9.69 Å². The third-order valence-corrected chi connectivity index (χ3v) is 7.07. The fourth-order valence-electron chi connectivity index (χ4n) is 4.15. The lowest BCUT2D eigenvalue weighted by atomic mass is 10.1. The van der Waals surface area contributed by atoms with E-state index in [2.05, 4.69) is 27.2 Å². The van der Waals surface area contributed by atoms with Gasteiger partial charge in [-0.15, -0.1) is 11.3 Å². The Labute approximate surface area is 198 Å². The maximum atomic E-state index is 12.7. The Morgan fingerprint density at radius 1 is 1.06 bits per heavy atom. The third kappa shape index (κ3) is 4.84. The predicted octanol–water partition coefficient (Wildman–Crippen LogP) is 3.89. The number of hydrogen-bond donors (Lipinski definition) is 2. The number of carbonyl (C=O) groups excluding carboxylic acids is 1. The smallest absolute Gasteiger partial charge is 0.255 e. The molecule has 2 aromatic carbocycles. The zero-order chi connectivity index (χ0) is 22.8. The van der Waals surface area contributed by atoms with Crippen LogP contribution in [0.4, 0.5) is 16.4 Å². The second-order valence-corrected chi connectivity index (χ2v) is 9.45. The molecule has 0 aliphatic carbocycles. The van der Waals surface area contributed by atoms with Gasteiger partial charge in [-0.05, 0) is 60.5 Å². The molecule has 1 aromatic heterocycles. The topological polar surface area (TPSA) is 77.2 Å². The molecule has 0 radical (unpaired) electrons. The van der Waals surface area contributed by atoms with Gasteiger partial charge in [0.25, 0.3) is 5.91 Å². The molecule has 0 bridgehead atoms. The van der Waals surface area contributed by atoms with E-state index in [1.807, 2.05) is 64.9 Å². The largest absolute Gasteiger partial charge is 0.322 e. The summed E-state index contributed by atoms with van der Waals surface area (Å²) in [6, 6.07) is 17.6. The lowest BCUT2D eigenvalue weighted by Crippen LogP contribution is -2.43. The SMILES string of the molecule is CN1CCN(Cc2ccc(C(=O)Nc3ccc(N4C=Nc5sccc5C4N)cc3)cc2)CC1. The Bertz CT molecular complexity index is 1130. The van der Waals surface area contributed by atoms with Crippen molar-refractivity contribution in [2.75, 3.05) is 43.4 Å². The van der Waals surface area contributed by atoms with Crippen molar-refractivity contribution in [1.29, 1.82) is 0 Å². The third-order valence-electron chi connectivity index (χ3n) is 6.23. The highest BCUT2D eigenvalue weighted by Crippen LogP contribution is 2.36. The van der Waals surface area contributed by atoms with Crippen molar-refractivity contribution in [3.8, 4) is 0 Å². The van der Waals surface area contributed by atoms with Crippen molar-refractivity contribution in [2.45, 2.75) is 12.7 Å². The molecule has 7 nitrogen and oxygen atoms in total. The predicted molar refractivity (Wildman–Crippen MR) is 135 cm³/mol. The van der Waals surface area contributed by atoms with Crippen LogP contribution >= 0.6 is 11.3 Å². The standard InChI is InChI=1S/C25H28N6OS/c1-29-11-13-30(14-12-29)16-18-2-4-19(5-3-18)24(32)28-20-6-8-21(9-7-20)31-17-27-25-22(23(31)26)10-15-33-25/h2-10,15,17,23H,11-14,16,26H2,1H3,(H,28,32). The average molecular weight is 461 g/mol. The van der Waals surface area contributed by atoms with Gasteiger partial charge in [-0.1, -0.05) is 12.1 Å². The van der Waals surface area contributed by atoms with E-state index in [9.17, 15) is 4.79 Å². The highest BCUT2D eigenvalue weighted by molar-refractivity contribution is 7.14. The molecule has 2 aliphatic heterocycles. The van der Waals surface area contributed by atoms with Gasteiger partial charge in [-0.2, -0.15) is 0 Å². The number of rotatable bonds is 5. The highest BCUT2D eigenvalue weighted by atomic mass is 32.1. The van der Waals surface area contributed by atoms with Crippen molar-refractivity contribution < 1.29 is 4.79 Å². The lowest BCUT2D eigenvalue weighted by Gasteiger charge is -2.32. The molecular formula is C25H28N6OS. The number of likely N-dealkylation sites (N-methyl/N-ethyl adjacent to an activating group) is 1. The summed E-state index contributed by atoms with van der Waals surface area (Å²) >= 11 is 1.59.